The summed E-state index contributed by atoms with van der Waals surface area (Å²) in [7, 11) is 0. The second-order valence-electron chi connectivity index (χ2n) is 3.87. The molecule has 2 heterocycles. The number of halogens is 2. The average Bonchev–Trinajstić information content (AvgIpc) is 2.98. The molecule has 2 N–H and O–H groups in total. The highest BCUT2D eigenvalue weighted by Crippen LogP contribution is 2.40. The fourth-order valence-electron chi connectivity index (χ4n) is 1.82. The molecule has 1 aromatic carbocycles. The van der Waals surface area contributed by atoms with E-state index in [-0.39, 0.29) is 5.82 Å². The van der Waals surface area contributed by atoms with Crippen molar-refractivity contribution in [3.8, 4) is 21.8 Å². The van der Waals surface area contributed by atoms with E-state index < -0.39 is 0 Å². The summed E-state index contributed by atoms with van der Waals surface area (Å²) < 4.78 is 19.3. The summed E-state index contributed by atoms with van der Waals surface area (Å²) in [5.41, 5.74) is 7.43. The quantitative estimate of drug-likeness (QED) is 0.665. The van der Waals surface area contributed by atoms with Gasteiger partial charge in [-0.15, -0.1) is 11.3 Å². The standard InChI is InChI=1S/C13H8FIN2OS/c14-7-3-4-8(9(15)6-7)12-11(13(16)17-18-12)10-2-1-5-19-10/h1-6H,(H2,16,17). The highest BCUT2D eigenvalue weighted by molar-refractivity contribution is 14.1. The van der Waals surface area contributed by atoms with Crippen molar-refractivity contribution in [2.24, 2.45) is 0 Å². The predicted molar refractivity (Wildman–Crippen MR) is 82.3 cm³/mol. The van der Waals surface area contributed by atoms with E-state index >= 15 is 0 Å². The first-order chi connectivity index (χ1) is 9.16. The molecular formula is C13H8FIN2OS. The van der Waals surface area contributed by atoms with Gasteiger partial charge in [0.15, 0.2) is 11.6 Å². The Labute approximate surface area is 126 Å². The van der Waals surface area contributed by atoms with Crippen LogP contribution in [-0.4, -0.2) is 5.16 Å². The maximum atomic E-state index is 13.2. The molecule has 3 aromatic rings. The number of hydrogen-bond donors (Lipinski definition) is 1. The van der Waals surface area contributed by atoms with Crippen molar-refractivity contribution in [3.63, 3.8) is 0 Å². The lowest BCUT2D eigenvalue weighted by Gasteiger charge is -2.03. The highest BCUT2D eigenvalue weighted by Gasteiger charge is 2.20. The van der Waals surface area contributed by atoms with Crippen LogP contribution in [0.1, 0.15) is 0 Å². The lowest BCUT2D eigenvalue weighted by molar-refractivity contribution is 0.436. The van der Waals surface area contributed by atoms with Crippen LogP contribution in [0.25, 0.3) is 21.8 Å². The van der Waals surface area contributed by atoms with Crippen LogP contribution in [-0.2, 0) is 0 Å². The van der Waals surface area contributed by atoms with Crippen molar-refractivity contribution in [1.29, 1.82) is 0 Å². The van der Waals surface area contributed by atoms with E-state index in [0.717, 1.165) is 19.6 Å². The second kappa shape index (κ2) is 4.93. The molecule has 0 atom stereocenters. The maximum absolute atomic E-state index is 13.2. The minimum Gasteiger partial charge on any atom is -0.380 e. The van der Waals surface area contributed by atoms with Gasteiger partial charge < -0.3 is 10.3 Å². The van der Waals surface area contributed by atoms with Crippen LogP contribution >= 0.6 is 33.9 Å². The number of hydrogen-bond acceptors (Lipinski definition) is 4. The third-order valence-electron chi connectivity index (χ3n) is 2.66. The summed E-state index contributed by atoms with van der Waals surface area (Å²) in [4.78, 5) is 0.980. The van der Waals surface area contributed by atoms with Gasteiger partial charge in [-0.25, -0.2) is 4.39 Å². The molecule has 0 aliphatic carbocycles. The minimum absolute atomic E-state index is 0.279. The van der Waals surface area contributed by atoms with Crippen molar-refractivity contribution in [2.45, 2.75) is 0 Å². The predicted octanol–water partition coefficient (Wildman–Crippen LogP) is 4.40. The van der Waals surface area contributed by atoms with Gasteiger partial charge in [0.1, 0.15) is 5.82 Å². The lowest BCUT2D eigenvalue weighted by atomic mass is 10.1. The molecule has 0 amide bonds. The maximum Gasteiger partial charge on any atom is 0.178 e. The van der Waals surface area contributed by atoms with Gasteiger partial charge in [-0.3, -0.25) is 0 Å². The number of thiophene rings is 1. The third-order valence-corrected chi connectivity index (χ3v) is 4.44. The fraction of sp³-hybridized carbons (Fsp3) is 0. The van der Waals surface area contributed by atoms with Gasteiger partial charge in [-0.2, -0.15) is 0 Å². The molecule has 96 valence electrons. The highest BCUT2D eigenvalue weighted by atomic mass is 127. The van der Waals surface area contributed by atoms with Crippen LogP contribution in [0.2, 0.25) is 0 Å². The number of aromatic nitrogens is 1. The van der Waals surface area contributed by atoms with Crippen molar-refractivity contribution in [2.75, 3.05) is 5.73 Å². The number of nitrogens with zero attached hydrogens (tertiary/aromatic N) is 1. The monoisotopic (exact) mass is 386 g/mol. The molecule has 0 aliphatic rings. The summed E-state index contributed by atoms with van der Waals surface area (Å²) >= 11 is 3.62. The molecule has 19 heavy (non-hydrogen) atoms. The van der Waals surface area contributed by atoms with E-state index in [4.69, 9.17) is 10.3 Å². The second-order valence-corrected chi connectivity index (χ2v) is 5.98. The Morgan fingerprint density at radius 2 is 2.16 bits per heavy atom. The van der Waals surface area contributed by atoms with Gasteiger partial charge in [0.25, 0.3) is 0 Å². The summed E-state index contributed by atoms with van der Waals surface area (Å²) in [6, 6.07) is 8.41. The number of nitrogens with two attached hydrogens (primary N) is 1. The Hall–Kier alpha value is -1.41. The zero-order valence-corrected chi connectivity index (χ0v) is 12.5. The number of benzene rings is 1. The van der Waals surface area contributed by atoms with Crippen LogP contribution in [0.5, 0.6) is 0 Å². The molecule has 0 radical (unpaired) electrons. The van der Waals surface area contributed by atoms with Crippen molar-refractivity contribution < 1.29 is 8.91 Å². The molecule has 6 heteroatoms. The first-order valence-electron chi connectivity index (χ1n) is 5.41. The fourth-order valence-corrected chi connectivity index (χ4v) is 3.32. The van der Waals surface area contributed by atoms with Gasteiger partial charge >= 0.3 is 0 Å². The summed E-state index contributed by atoms with van der Waals surface area (Å²) in [6.45, 7) is 0. The lowest BCUT2D eigenvalue weighted by Crippen LogP contribution is -1.88. The Kier molecular flexibility index (Phi) is 3.28. The number of anilines is 1. The zero-order valence-electron chi connectivity index (χ0n) is 9.56. The van der Waals surface area contributed by atoms with Crippen LogP contribution < -0.4 is 5.73 Å². The third kappa shape index (κ3) is 2.25. The Balaban J connectivity index is 2.21. The summed E-state index contributed by atoms with van der Waals surface area (Å²) in [6.07, 6.45) is 0. The van der Waals surface area contributed by atoms with E-state index in [9.17, 15) is 4.39 Å². The van der Waals surface area contributed by atoms with Crippen molar-refractivity contribution in [1.82, 2.24) is 5.16 Å². The smallest absolute Gasteiger partial charge is 0.178 e. The van der Waals surface area contributed by atoms with Crippen LogP contribution in [0.3, 0.4) is 0 Å². The topological polar surface area (TPSA) is 52.0 Å². The van der Waals surface area contributed by atoms with E-state index in [1.165, 1.54) is 12.1 Å². The molecule has 0 saturated heterocycles. The van der Waals surface area contributed by atoms with Gasteiger partial charge in [0, 0.05) is 14.0 Å². The molecule has 0 spiro atoms. The van der Waals surface area contributed by atoms with Gasteiger partial charge in [-0.05, 0) is 52.2 Å². The first-order valence-corrected chi connectivity index (χ1v) is 7.37. The Morgan fingerprint density at radius 1 is 1.32 bits per heavy atom. The Morgan fingerprint density at radius 3 is 2.84 bits per heavy atom. The van der Waals surface area contributed by atoms with Crippen LogP contribution in [0.15, 0.2) is 40.2 Å². The zero-order chi connectivity index (χ0) is 13.4. The van der Waals surface area contributed by atoms with Crippen molar-refractivity contribution in [3.05, 3.63) is 45.1 Å². The van der Waals surface area contributed by atoms with Crippen molar-refractivity contribution >= 4 is 39.7 Å². The van der Waals surface area contributed by atoms with E-state index in [0.29, 0.717) is 11.6 Å². The number of rotatable bonds is 2. The van der Waals surface area contributed by atoms with E-state index in [1.807, 2.05) is 17.5 Å². The summed E-state index contributed by atoms with van der Waals surface area (Å²) in [5, 5.41) is 5.78. The van der Waals surface area contributed by atoms with Crippen LogP contribution in [0, 0.1) is 9.39 Å². The molecule has 0 saturated carbocycles. The van der Waals surface area contributed by atoms with Gasteiger partial charge in [0.05, 0.1) is 5.56 Å². The molecular weight excluding hydrogens is 378 g/mol. The minimum atomic E-state index is -0.279. The van der Waals surface area contributed by atoms with Crippen LogP contribution in [0.4, 0.5) is 10.2 Å². The molecule has 0 unspecified atom stereocenters. The normalized spacial score (nSPS) is 10.8. The molecule has 0 bridgehead atoms. The van der Waals surface area contributed by atoms with Gasteiger partial charge in [0.2, 0.25) is 0 Å². The summed E-state index contributed by atoms with van der Waals surface area (Å²) in [5.74, 6) is 0.639. The SMILES string of the molecule is Nc1noc(-c2ccc(F)cc2I)c1-c1cccs1. The van der Waals surface area contributed by atoms with Gasteiger partial charge in [-0.1, -0.05) is 11.2 Å². The molecule has 2 aromatic heterocycles. The Bertz CT molecular complexity index is 724. The molecule has 0 fully saturated rings. The first kappa shape index (κ1) is 12.6. The largest absolute Gasteiger partial charge is 0.380 e. The number of nitrogen functional groups attached to an aromatic ring is 1. The molecule has 3 nitrogen and oxygen atoms in total. The average molecular weight is 386 g/mol. The molecule has 3 rings (SSSR count). The molecule has 0 aliphatic heterocycles. The van der Waals surface area contributed by atoms with E-state index in [1.54, 1.807) is 17.4 Å². The van der Waals surface area contributed by atoms with E-state index in [2.05, 4.69) is 27.7 Å².